The first-order valence-electron chi connectivity index (χ1n) is 18.5. The van der Waals surface area contributed by atoms with E-state index in [1.165, 1.54) is 5.19 Å². The highest BCUT2D eigenvalue weighted by Gasteiger charge is 2.66. The Morgan fingerprint density at radius 2 is 1.88 bits per heavy atom. The molecule has 4 aliphatic rings. The Morgan fingerprint density at radius 1 is 1.10 bits per heavy atom. The van der Waals surface area contributed by atoms with E-state index >= 15 is 4.79 Å². The third-order valence-electron chi connectivity index (χ3n) is 12.0. The van der Waals surface area contributed by atoms with Crippen molar-refractivity contribution in [2.24, 2.45) is 5.92 Å². The molecule has 3 amide bonds. The molecular formula is C40H49ClN4O6Si. The van der Waals surface area contributed by atoms with Gasteiger partial charge in [-0.3, -0.25) is 14.4 Å². The van der Waals surface area contributed by atoms with Gasteiger partial charge in [-0.2, -0.15) is 0 Å². The standard InChI is InChI=1S/C40H49ClN4O6Si/c1-25-37(52(3,4)31-15-13-30(50-2)14-16-31)35(22-36(47)44-19-7-10-29(44)24-46)51-40(25)32-21-27(41)12-17-34(32)45(39(40)49)23-26-8-5-9-28(20-26)43-38(48)33-11-6-18-42-33/h5,8-9,12-17,20-21,25,29,33,35,37,42,46H,6-7,10-11,18-19,22-24H2,1-4H3,(H,43,48)/t25-,29-,33+,35+,37-,40+/m0/s1. The molecule has 0 saturated carbocycles. The van der Waals surface area contributed by atoms with E-state index in [9.17, 15) is 14.7 Å². The molecule has 276 valence electrons. The zero-order valence-corrected chi connectivity index (χ0v) is 32.1. The van der Waals surface area contributed by atoms with Crippen molar-refractivity contribution < 1.29 is 29.0 Å². The van der Waals surface area contributed by atoms with E-state index in [1.54, 1.807) is 23.0 Å². The zero-order valence-electron chi connectivity index (χ0n) is 30.4. The molecule has 0 radical (unpaired) electrons. The summed E-state index contributed by atoms with van der Waals surface area (Å²) in [5.41, 5.74) is 1.47. The molecule has 4 heterocycles. The molecule has 4 aliphatic heterocycles. The number of anilines is 2. The van der Waals surface area contributed by atoms with Crippen molar-refractivity contribution in [1.82, 2.24) is 10.2 Å². The topological polar surface area (TPSA) is 120 Å². The van der Waals surface area contributed by atoms with Crippen molar-refractivity contribution in [1.29, 1.82) is 0 Å². The second-order valence-corrected chi connectivity index (χ2v) is 20.4. The number of hydrogen-bond acceptors (Lipinski definition) is 7. The van der Waals surface area contributed by atoms with Crippen LogP contribution in [0.15, 0.2) is 66.7 Å². The molecule has 0 bridgehead atoms. The summed E-state index contributed by atoms with van der Waals surface area (Å²) >= 11 is 6.68. The van der Waals surface area contributed by atoms with Crippen LogP contribution in [0.4, 0.5) is 11.4 Å². The van der Waals surface area contributed by atoms with E-state index in [0.717, 1.165) is 49.2 Å². The largest absolute Gasteiger partial charge is 0.497 e. The molecule has 52 heavy (non-hydrogen) atoms. The highest BCUT2D eigenvalue weighted by atomic mass is 35.5. The summed E-state index contributed by atoms with van der Waals surface area (Å²) in [4.78, 5) is 45.7. The number of ether oxygens (including phenoxy) is 2. The van der Waals surface area contributed by atoms with Crippen LogP contribution >= 0.6 is 11.6 Å². The number of nitrogens with zero attached hydrogens (tertiary/aromatic N) is 2. The van der Waals surface area contributed by atoms with Gasteiger partial charge in [-0.05, 0) is 85.8 Å². The molecule has 0 unspecified atom stereocenters. The van der Waals surface area contributed by atoms with Gasteiger partial charge in [0, 0.05) is 28.7 Å². The number of rotatable bonds is 10. The first-order chi connectivity index (χ1) is 25.0. The van der Waals surface area contributed by atoms with Gasteiger partial charge in [0.05, 0.1) is 58.6 Å². The van der Waals surface area contributed by atoms with Crippen LogP contribution in [0.5, 0.6) is 5.75 Å². The third kappa shape index (κ3) is 6.44. The molecule has 3 aromatic carbocycles. The van der Waals surface area contributed by atoms with Gasteiger partial charge >= 0.3 is 0 Å². The summed E-state index contributed by atoms with van der Waals surface area (Å²) in [6, 6.07) is 20.9. The van der Waals surface area contributed by atoms with Gasteiger partial charge in [-0.1, -0.05) is 61.1 Å². The summed E-state index contributed by atoms with van der Waals surface area (Å²) in [6.07, 6.45) is 2.95. The number of likely N-dealkylation sites (tertiary alicyclic amines) is 1. The lowest BCUT2D eigenvalue weighted by molar-refractivity contribution is -0.150. The maximum absolute atomic E-state index is 15.2. The number of fused-ring (bicyclic) bond motifs is 2. The molecule has 0 aromatic heterocycles. The fourth-order valence-corrected chi connectivity index (χ4v) is 13.5. The maximum Gasteiger partial charge on any atom is 0.264 e. The lowest BCUT2D eigenvalue weighted by Crippen LogP contribution is -2.52. The fraction of sp³-hybridized carbons (Fsp3) is 0.475. The number of aliphatic hydroxyl groups is 1. The van der Waals surface area contributed by atoms with Crippen molar-refractivity contribution in [3.8, 4) is 5.75 Å². The summed E-state index contributed by atoms with van der Waals surface area (Å²) in [7, 11) is -0.831. The molecule has 3 aromatic rings. The smallest absolute Gasteiger partial charge is 0.264 e. The van der Waals surface area contributed by atoms with Crippen LogP contribution in [-0.4, -0.2) is 80.8 Å². The average molecular weight is 745 g/mol. The number of aliphatic hydroxyl groups excluding tert-OH is 1. The van der Waals surface area contributed by atoms with Gasteiger partial charge in [0.2, 0.25) is 11.8 Å². The molecule has 10 nitrogen and oxygen atoms in total. The van der Waals surface area contributed by atoms with E-state index in [0.29, 0.717) is 22.8 Å². The van der Waals surface area contributed by atoms with E-state index in [2.05, 4.69) is 42.8 Å². The molecule has 1 spiro atoms. The van der Waals surface area contributed by atoms with Crippen LogP contribution < -0.4 is 25.5 Å². The second kappa shape index (κ2) is 14.6. The lowest BCUT2D eigenvalue weighted by atomic mass is 9.82. The summed E-state index contributed by atoms with van der Waals surface area (Å²) in [6.45, 7) is 8.30. The molecule has 3 fully saturated rings. The molecule has 3 N–H and O–H groups in total. The maximum atomic E-state index is 15.2. The van der Waals surface area contributed by atoms with Crippen LogP contribution in [0.1, 0.15) is 50.2 Å². The van der Waals surface area contributed by atoms with Crippen molar-refractivity contribution in [2.45, 2.75) is 88.0 Å². The Kier molecular flexibility index (Phi) is 10.3. The Balaban J connectivity index is 1.25. The number of hydrogen-bond donors (Lipinski definition) is 3. The third-order valence-corrected chi connectivity index (χ3v) is 16.6. The monoisotopic (exact) mass is 744 g/mol. The number of benzene rings is 3. The summed E-state index contributed by atoms with van der Waals surface area (Å²) < 4.78 is 12.6. The molecular weight excluding hydrogens is 696 g/mol. The van der Waals surface area contributed by atoms with E-state index in [4.69, 9.17) is 21.1 Å². The number of carbonyl (C=O) groups is 3. The van der Waals surface area contributed by atoms with Crippen LogP contribution in [0.25, 0.3) is 0 Å². The van der Waals surface area contributed by atoms with Crippen molar-refractivity contribution in [2.75, 3.05) is 37.0 Å². The van der Waals surface area contributed by atoms with Crippen molar-refractivity contribution in [3.63, 3.8) is 0 Å². The van der Waals surface area contributed by atoms with Crippen LogP contribution in [-0.2, 0) is 31.3 Å². The molecule has 0 aliphatic carbocycles. The van der Waals surface area contributed by atoms with Crippen molar-refractivity contribution >= 4 is 54.0 Å². The van der Waals surface area contributed by atoms with E-state index in [1.807, 2.05) is 48.5 Å². The number of halogens is 1. The summed E-state index contributed by atoms with van der Waals surface area (Å²) in [5, 5.41) is 18.0. The van der Waals surface area contributed by atoms with E-state index < -0.39 is 19.8 Å². The van der Waals surface area contributed by atoms with Crippen molar-refractivity contribution in [3.05, 3.63) is 82.9 Å². The van der Waals surface area contributed by atoms with Gasteiger partial charge in [-0.25, -0.2) is 0 Å². The Bertz CT molecular complexity index is 1830. The summed E-state index contributed by atoms with van der Waals surface area (Å²) in [5.74, 6) is 0.154. The average Bonchev–Trinajstić information content (AvgIpc) is 3.94. The number of amides is 3. The minimum absolute atomic E-state index is 0.0596. The fourth-order valence-electron chi connectivity index (χ4n) is 9.35. The quantitative estimate of drug-likeness (QED) is 0.245. The molecule has 3 saturated heterocycles. The zero-order chi connectivity index (χ0) is 36.8. The Labute approximate surface area is 311 Å². The minimum Gasteiger partial charge on any atom is -0.497 e. The van der Waals surface area contributed by atoms with Gasteiger partial charge in [0.1, 0.15) is 5.75 Å². The predicted octanol–water partition coefficient (Wildman–Crippen LogP) is 5.18. The highest BCUT2D eigenvalue weighted by Crippen LogP contribution is 2.60. The van der Waals surface area contributed by atoms with Gasteiger partial charge < -0.3 is 35.0 Å². The van der Waals surface area contributed by atoms with Crippen LogP contribution in [0.3, 0.4) is 0 Å². The lowest BCUT2D eigenvalue weighted by Gasteiger charge is -2.37. The normalized spacial score (nSPS) is 27.0. The van der Waals surface area contributed by atoms with E-state index in [-0.39, 0.29) is 60.8 Å². The predicted molar refractivity (Wildman–Crippen MR) is 205 cm³/mol. The van der Waals surface area contributed by atoms with Crippen LogP contribution in [0, 0.1) is 5.92 Å². The first-order valence-corrected chi connectivity index (χ1v) is 21.9. The van der Waals surface area contributed by atoms with Gasteiger partial charge in [-0.15, -0.1) is 0 Å². The second-order valence-electron chi connectivity index (χ2n) is 15.3. The molecule has 12 heteroatoms. The number of methoxy groups -OCH3 is 1. The first kappa shape index (κ1) is 36.6. The SMILES string of the molecule is COc1ccc([Si](C)(C)[C@@H]2[C@@H](CC(=O)N3CCC[C@H]3CO)O[C@]3(C(=O)N(Cc4cccc(NC(=O)[C@H]5CCCN5)c4)c4ccc(Cl)cc43)[C@H]2C)cc1. The minimum atomic E-state index is -2.48. The Morgan fingerprint density at radius 3 is 2.60 bits per heavy atom. The molecule has 6 atom stereocenters. The number of carbonyl (C=O) groups excluding carboxylic acids is 3. The Hall–Kier alpha value is -3.74. The highest BCUT2D eigenvalue weighted by molar-refractivity contribution is 6.91. The van der Waals surface area contributed by atoms with Gasteiger partial charge in [0.25, 0.3) is 5.91 Å². The molecule has 7 rings (SSSR count). The van der Waals surface area contributed by atoms with Crippen LogP contribution in [0.2, 0.25) is 23.7 Å². The number of nitrogens with one attached hydrogen (secondary N) is 2. The van der Waals surface area contributed by atoms with Gasteiger partial charge in [0.15, 0.2) is 5.60 Å².